The summed E-state index contributed by atoms with van der Waals surface area (Å²) in [5.74, 6) is 5.15. The number of methoxy groups -OCH3 is 1. The molecule has 7 heteroatoms. The third kappa shape index (κ3) is 6.39. The molecule has 0 radical (unpaired) electrons. The van der Waals surface area contributed by atoms with Crippen molar-refractivity contribution >= 4 is 29.4 Å². The molecule has 0 spiro atoms. The Morgan fingerprint density at radius 1 is 1.33 bits per heavy atom. The molecule has 1 rings (SSSR count). The number of carbonyl (C=O) groups excluding carboxylic acids is 2. The summed E-state index contributed by atoms with van der Waals surface area (Å²) in [5.41, 5.74) is 6.08. The van der Waals surface area contributed by atoms with E-state index >= 15 is 0 Å². The van der Waals surface area contributed by atoms with Gasteiger partial charge in [0.1, 0.15) is 5.60 Å². The van der Waals surface area contributed by atoms with Crippen LogP contribution in [0.5, 0.6) is 0 Å². The van der Waals surface area contributed by atoms with Gasteiger partial charge in [0.2, 0.25) is 0 Å². The predicted molar refractivity (Wildman–Crippen MR) is 92.9 cm³/mol. The van der Waals surface area contributed by atoms with Crippen LogP contribution in [0, 0.1) is 11.8 Å². The average molecular weight is 353 g/mol. The van der Waals surface area contributed by atoms with Crippen LogP contribution in [-0.4, -0.2) is 31.3 Å². The van der Waals surface area contributed by atoms with E-state index in [1.165, 1.54) is 19.2 Å². The maximum atomic E-state index is 11.6. The van der Waals surface area contributed by atoms with Crippen LogP contribution in [0.3, 0.4) is 0 Å². The normalized spacial score (nSPS) is 10.4. The number of rotatable bonds is 3. The van der Waals surface area contributed by atoms with Gasteiger partial charge in [-0.2, -0.15) is 0 Å². The van der Waals surface area contributed by atoms with Gasteiger partial charge >= 0.3 is 12.1 Å². The summed E-state index contributed by atoms with van der Waals surface area (Å²) in [6.07, 6.45) is -0.101. The van der Waals surface area contributed by atoms with Gasteiger partial charge in [-0.05, 0) is 32.9 Å². The summed E-state index contributed by atoms with van der Waals surface area (Å²) < 4.78 is 9.75. The van der Waals surface area contributed by atoms with E-state index in [2.05, 4.69) is 21.9 Å². The Kier molecular flexibility index (Phi) is 6.93. The highest BCUT2D eigenvalue weighted by atomic mass is 35.5. The highest BCUT2D eigenvalue weighted by Gasteiger charge is 2.15. The number of benzene rings is 1. The molecule has 130 valence electrons. The SMILES string of the molecule is COC(=O)c1cc(C#CCCNC(=O)OC(C)(C)C)c(Cl)cc1N. The van der Waals surface area contributed by atoms with Crippen molar-refractivity contribution in [3.05, 3.63) is 28.3 Å². The van der Waals surface area contributed by atoms with E-state index < -0.39 is 17.7 Å². The number of ether oxygens (including phenoxy) is 2. The first-order chi connectivity index (χ1) is 11.1. The fourth-order valence-electron chi connectivity index (χ4n) is 1.67. The molecule has 0 fully saturated rings. The number of carbonyl (C=O) groups is 2. The van der Waals surface area contributed by atoms with E-state index in [1.807, 2.05) is 0 Å². The van der Waals surface area contributed by atoms with Gasteiger partial charge in [-0.1, -0.05) is 23.4 Å². The van der Waals surface area contributed by atoms with Gasteiger partial charge in [0.05, 0.1) is 17.7 Å². The quantitative estimate of drug-likeness (QED) is 0.378. The minimum Gasteiger partial charge on any atom is -0.465 e. The van der Waals surface area contributed by atoms with Crippen molar-refractivity contribution in [2.75, 3.05) is 19.4 Å². The molecule has 0 atom stereocenters. The van der Waals surface area contributed by atoms with Crippen molar-refractivity contribution in [1.82, 2.24) is 5.32 Å². The van der Waals surface area contributed by atoms with Gasteiger partial charge in [0.15, 0.2) is 0 Å². The van der Waals surface area contributed by atoms with Gasteiger partial charge in [-0.25, -0.2) is 9.59 Å². The largest absolute Gasteiger partial charge is 0.465 e. The average Bonchev–Trinajstić information content (AvgIpc) is 2.46. The van der Waals surface area contributed by atoms with Crippen LogP contribution in [0.25, 0.3) is 0 Å². The van der Waals surface area contributed by atoms with Crippen LogP contribution in [0.1, 0.15) is 43.1 Å². The molecule has 0 aliphatic heterocycles. The lowest BCUT2D eigenvalue weighted by atomic mass is 10.1. The summed E-state index contributed by atoms with van der Waals surface area (Å²) in [6.45, 7) is 5.69. The molecule has 0 heterocycles. The van der Waals surface area contributed by atoms with E-state index in [0.29, 0.717) is 23.6 Å². The number of amides is 1. The minimum atomic E-state index is -0.557. The molecular formula is C17H21ClN2O4. The van der Waals surface area contributed by atoms with Gasteiger partial charge in [0, 0.05) is 24.2 Å². The fraction of sp³-hybridized carbons (Fsp3) is 0.412. The maximum absolute atomic E-state index is 11.6. The molecular weight excluding hydrogens is 332 g/mol. The number of hydrogen-bond donors (Lipinski definition) is 2. The summed E-state index contributed by atoms with van der Waals surface area (Å²) in [4.78, 5) is 23.1. The lowest BCUT2D eigenvalue weighted by Crippen LogP contribution is -2.32. The van der Waals surface area contributed by atoms with Gasteiger partial charge in [-0.15, -0.1) is 0 Å². The Labute approximate surface area is 146 Å². The van der Waals surface area contributed by atoms with Gasteiger partial charge in [-0.3, -0.25) is 0 Å². The molecule has 0 bridgehead atoms. The number of nitrogens with one attached hydrogen (secondary N) is 1. The molecule has 3 N–H and O–H groups in total. The van der Waals surface area contributed by atoms with Crippen LogP contribution in [-0.2, 0) is 9.47 Å². The molecule has 1 aromatic carbocycles. The van der Waals surface area contributed by atoms with E-state index in [9.17, 15) is 9.59 Å². The van der Waals surface area contributed by atoms with Crippen LogP contribution in [0.2, 0.25) is 5.02 Å². The van der Waals surface area contributed by atoms with Crippen LogP contribution < -0.4 is 11.1 Å². The Morgan fingerprint density at radius 3 is 2.58 bits per heavy atom. The topological polar surface area (TPSA) is 90.6 Å². The zero-order valence-electron chi connectivity index (χ0n) is 14.2. The first kappa shape index (κ1) is 19.7. The minimum absolute atomic E-state index is 0.207. The number of nitrogens with two attached hydrogens (primary N) is 1. The monoisotopic (exact) mass is 352 g/mol. The molecule has 0 saturated heterocycles. The first-order valence-corrected chi connectivity index (χ1v) is 7.65. The van der Waals surface area contributed by atoms with E-state index in [0.717, 1.165) is 0 Å². The molecule has 0 saturated carbocycles. The van der Waals surface area contributed by atoms with Crippen LogP contribution in [0.15, 0.2) is 12.1 Å². The highest BCUT2D eigenvalue weighted by Crippen LogP contribution is 2.23. The predicted octanol–water partition coefficient (Wildman–Crippen LogP) is 2.98. The Balaban J connectivity index is 2.67. The summed E-state index contributed by atoms with van der Waals surface area (Å²) in [5, 5.41) is 2.94. The van der Waals surface area contributed by atoms with Gasteiger partial charge in [0.25, 0.3) is 0 Å². The lowest BCUT2D eigenvalue weighted by Gasteiger charge is -2.19. The first-order valence-electron chi connectivity index (χ1n) is 7.27. The molecule has 0 aliphatic carbocycles. The second-order valence-corrected chi connectivity index (χ2v) is 6.30. The standard InChI is InChI=1S/C17H21ClN2O4/c1-17(2,3)24-16(22)20-8-6-5-7-11-9-12(15(21)23-4)14(19)10-13(11)18/h9-10H,6,8,19H2,1-4H3,(H,20,22). The van der Waals surface area contributed by atoms with E-state index in [4.69, 9.17) is 22.1 Å². The summed E-state index contributed by atoms with van der Waals surface area (Å²) in [7, 11) is 1.27. The van der Waals surface area contributed by atoms with E-state index in [-0.39, 0.29) is 11.3 Å². The Bertz CT molecular complexity index is 684. The molecule has 0 aliphatic rings. The van der Waals surface area contributed by atoms with Crippen molar-refractivity contribution in [3.63, 3.8) is 0 Å². The van der Waals surface area contributed by atoms with Gasteiger partial charge < -0.3 is 20.5 Å². The lowest BCUT2D eigenvalue weighted by molar-refractivity contribution is 0.0527. The van der Waals surface area contributed by atoms with Crippen LogP contribution in [0.4, 0.5) is 10.5 Å². The van der Waals surface area contributed by atoms with Crippen molar-refractivity contribution in [1.29, 1.82) is 0 Å². The number of esters is 1. The zero-order valence-corrected chi connectivity index (χ0v) is 14.9. The molecule has 24 heavy (non-hydrogen) atoms. The summed E-state index contributed by atoms with van der Waals surface area (Å²) in [6, 6.07) is 2.94. The van der Waals surface area contributed by atoms with Crippen molar-refractivity contribution in [3.8, 4) is 11.8 Å². The second kappa shape index (κ2) is 8.46. The highest BCUT2D eigenvalue weighted by molar-refractivity contribution is 6.32. The molecule has 1 amide bonds. The third-order valence-electron chi connectivity index (χ3n) is 2.69. The smallest absolute Gasteiger partial charge is 0.407 e. The van der Waals surface area contributed by atoms with E-state index in [1.54, 1.807) is 20.8 Å². The number of nitrogen functional groups attached to an aromatic ring is 1. The number of anilines is 1. The van der Waals surface area contributed by atoms with Crippen molar-refractivity contribution in [2.24, 2.45) is 0 Å². The molecule has 1 aromatic rings. The van der Waals surface area contributed by atoms with Crippen molar-refractivity contribution in [2.45, 2.75) is 32.8 Å². The third-order valence-corrected chi connectivity index (χ3v) is 3.00. The number of hydrogen-bond acceptors (Lipinski definition) is 5. The number of alkyl carbamates (subject to hydrolysis) is 1. The second-order valence-electron chi connectivity index (χ2n) is 5.89. The number of halogens is 1. The molecule has 0 unspecified atom stereocenters. The van der Waals surface area contributed by atoms with Crippen molar-refractivity contribution < 1.29 is 19.1 Å². The zero-order chi connectivity index (χ0) is 18.3. The maximum Gasteiger partial charge on any atom is 0.407 e. The summed E-state index contributed by atoms with van der Waals surface area (Å²) >= 11 is 6.06. The Morgan fingerprint density at radius 2 is 2.00 bits per heavy atom. The molecule has 6 nitrogen and oxygen atoms in total. The van der Waals surface area contributed by atoms with Crippen LogP contribution >= 0.6 is 11.6 Å². The molecule has 0 aromatic heterocycles. The fourth-order valence-corrected chi connectivity index (χ4v) is 1.89. The Hall–Kier alpha value is -2.39.